The number of aromatic nitrogens is 2. The highest BCUT2D eigenvalue weighted by Gasteiger charge is 2.25. The van der Waals surface area contributed by atoms with E-state index in [2.05, 4.69) is 4.98 Å². The van der Waals surface area contributed by atoms with Crippen LogP contribution in [0.5, 0.6) is 0 Å². The number of piperidine rings is 1. The molecule has 0 aliphatic carbocycles. The van der Waals surface area contributed by atoms with Crippen LogP contribution in [-0.2, 0) is 16.1 Å². The number of imidazole rings is 1. The van der Waals surface area contributed by atoms with Crippen LogP contribution in [0.2, 0.25) is 0 Å². The number of nitro groups is 1. The summed E-state index contributed by atoms with van der Waals surface area (Å²) >= 11 is 0. The number of carboxylic acid groups (broad SMARTS) is 1. The van der Waals surface area contributed by atoms with Crippen LogP contribution in [0.1, 0.15) is 25.1 Å². The van der Waals surface area contributed by atoms with Gasteiger partial charge in [-0.2, -0.15) is 0 Å². The minimum atomic E-state index is -0.814. The zero-order valence-corrected chi connectivity index (χ0v) is 12.3. The van der Waals surface area contributed by atoms with Crippen molar-refractivity contribution in [3.05, 3.63) is 22.1 Å². The standard InChI is InChI=1S/C13H18N4O5/c1-9-14-11(17(21)22)7-16(9)8-12(18)15-4-2-10(3-5-15)6-13(19)20/h7,10H,2-6,8H2,1H3,(H,19,20). The summed E-state index contributed by atoms with van der Waals surface area (Å²) in [7, 11) is 0. The third-order valence-electron chi connectivity index (χ3n) is 3.89. The summed E-state index contributed by atoms with van der Waals surface area (Å²) < 4.78 is 1.46. The minimum Gasteiger partial charge on any atom is -0.481 e. The molecule has 1 fully saturated rings. The number of hydrogen-bond acceptors (Lipinski definition) is 5. The molecule has 1 saturated heterocycles. The number of aryl methyl sites for hydroxylation is 1. The zero-order chi connectivity index (χ0) is 16.3. The summed E-state index contributed by atoms with van der Waals surface area (Å²) in [6.07, 6.45) is 2.72. The predicted molar refractivity (Wildman–Crippen MR) is 75.2 cm³/mol. The molecule has 9 nitrogen and oxygen atoms in total. The Morgan fingerprint density at radius 3 is 2.59 bits per heavy atom. The number of amides is 1. The zero-order valence-electron chi connectivity index (χ0n) is 12.3. The summed E-state index contributed by atoms with van der Waals surface area (Å²) in [5, 5.41) is 19.4. The Morgan fingerprint density at radius 2 is 2.09 bits per heavy atom. The quantitative estimate of drug-likeness (QED) is 0.635. The van der Waals surface area contributed by atoms with Crippen molar-refractivity contribution in [2.75, 3.05) is 13.1 Å². The van der Waals surface area contributed by atoms with Crippen molar-refractivity contribution in [3.8, 4) is 0 Å². The van der Waals surface area contributed by atoms with Crippen LogP contribution in [0, 0.1) is 23.0 Å². The van der Waals surface area contributed by atoms with Gasteiger partial charge in [-0.05, 0) is 28.7 Å². The molecular weight excluding hydrogens is 292 g/mol. The van der Waals surface area contributed by atoms with Crippen LogP contribution >= 0.6 is 0 Å². The smallest absolute Gasteiger partial charge is 0.381 e. The van der Waals surface area contributed by atoms with Gasteiger partial charge in [-0.15, -0.1) is 0 Å². The second-order valence-electron chi connectivity index (χ2n) is 5.45. The van der Waals surface area contributed by atoms with Gasteiger partial charge in [0.25, 0.3) is 0 Å². The lowest BCUT2D eigenvalue weighted by atomic mass is 9.93. The maximum atomic E-state index is 12.2. The van der Waals surface area contributed by atoms with E-state index in [1.54, 1.807) is 11.8 Å². The molecule has 1 aliphatic rings. The second kappa shape index (κ2) is 6.54. The van der Waals surface area contributed by atoms with E-state index in [0.717, 1.165) is 0 Å². The molecule has 1 amide bonds. The number of carboxylic acids is 1. The normalized spacial score (nSPS) is 15.8. The molecule has 0 radical (unpaired) electrons. The first-order chi connectivity index (χ1) is 10.4. The van der Waals surface area contributed by atoms with Crippen LogP contribution in [0.25, 0.3) is 0 Å². The molecule has 1 N–H and O–H groups in total. The molecule has 1 aliphatic heterocycles. The van der Waals surface area contributed by atoms with Crippen LogP contribution < -0.4 is 0 Å². The molecule has 0 atom stereocenters. The summed E-state index contributed by atoms with van der Waals surface area (Å²) in [5.41, 5.74) is 0. The summed E-state index contributed by atoms with van der Waals surface area (Å²) in [6.45, 7) is 2.66. The number of carbonyl (C=O) groups is 2. The fourth-order valence-electron chi connectivity index (χ4n) is 2.62. The SMILES string of the molecule is Cc1nc([N+](=O)[O-])cn1CC(=O)N1CCC(CC(=O)O)CC1. The van der Waals surface area contributed by atoms with Crippen molar-refractivity contribution in [2.45, 2.75) is 32.7 Å². The van der Waals surface area contributed by atoms with Crippen LogP contribution in [0.15, 0.2) is 6.20 Å². The fourth-order valence-corrected chi connectivity index (χ4v) is 2.62. The maximum Gasteiger partial charge on any atom is 0.381 e. The number of rotatable bonds is 5. The lowest BCUT2D eigenvalue weighted by molar-refractivity contribution is -0.389. The van der Waals surface area contributed by atoms with E-state index in [1.807, 2.05) is 0 Å². The molecule has 0 spiro atoms. The van der Waals surface area contributed by atoms with Gasteiger partial charge in [-0.3, -0.25) is 14.2 Å². The molecule has 1 aromatic rings. The molecule has 2 rings (SSSR count). The Morgan fingerprint density at radius 1 is 1.45 bits per heavy atom. The average molecular weight is 310 g/mol. The van der Waals surface area contributed by atoms with Crippen molar-refractivity contribution in [1.82, 2.24) is 14.5 Å². The van der Waals surface area contributed by atoms with Gasteiger partial charge in [0.2, 0.25) is 11.7 Å². The van der Waals surface area contributed by atoms with Gasteiger partial charge >= 0.3 is 11.8 Å². The lowest BCUT2D eigenvalue weighted by Gasteiger charge is -2.31. The highest BCUT2D eigenvalue weighted by Crippen LogP contribution is 2.21. The third kappa shape index (κ3) is 3.80. The molecule has 0 saturated carbocycles. The summed E-state index contributed by atoms with van der Waals surface area (Å²) in [5.74, 6) is -0.695. The maximum absolute atomic E-state index is 12.2. The Labute approximate surface area is 126 Å². The van der Waals surface area contributed by atoms with Crippen molar-refractivity contribution < 1.29 is 19.6 Å². The molecule has 120 valence electrons. The molecule has 2 heterocycles. The van der Waals surface area contributed by atoms with Gasteiger partial charge in [0.15, 0.2) is 0 Å². The van der Waals surface area contributed by atoms with Crippen LogP contribution in [0.3, 0.4) is 0 Å². The van der Waals surface area contributed by atoms with E-state index in [4.69, 9.17) is 5.11 Å². The van der Waals surface area contributed by atoms with Gasteiger partial charge in [0.1, 0.15) is 12.7 Å². The van der Waals surface area contributed by atoms with E-state index in [0.29, 0.717) is 31.8 Å². The number of hydrogen-bond donors (Lipinski definition) is 1. The first-order valence-electron chi connectivity index (χ1n) is 7.04. The highest BCUT2D eigenvalue weighted by atomic mass is 16.6. The first kappa shape index (κ1) is 15.9. The molecule has 0 aromatic carbocycles. The van der Waals surface area contributed by atoms with Gasteiger partial charge in [0.05, 0.1) is 0 Å². The fraction of sp³-hybridized carbons (Fsp3) is 0.615. The molecule has 1 aromatic heterocycles. The van der Waals surface area contributed by atoms with Gasteiger partial charge in [0, 0.05) is 26.4 Å². The second-order valence-corrected chi connectivity index (χ2v) is 5.45. The number of carbonyl (C=O) groups excluding carboxylic acids is 1. The third-order valence-corrected chi connectivity index (χ3v) is 3.89. The van der Waals surface area contributed by atoms with Crippen molar-refractivity contribution in [1.29, 1.82) is 0 Å². The summed E-state index contributed by atoms with van der Waals surface area (Å²) in [4.78, 5) is 38.4. The highest BCUT2D eigenvalue weighted by molar-refractivity contribution is 5.76. The van der Waals surface area contributed by atoms with E-state index < -0.39 is 10.9 Å². The van der Waals surface area contributed by atoms with Gasteiger partial charge < -0.3 is 20.1 Å². The van der Waals surface area contributed by atoms with Crippen LogP contribution in [-0.4, -0.2) is 49.4 Å². The van der Waals surface area contributed by atoms with Gasteiger partial charge in [-0.1, -0.05) is 0 Å². The van der Waals surface area contributed by atoms with E-state index >= 15 is 0 Å². The number of aliphatic carboxylic acids is 1. The summed E-state index contributed by atoms with van der Waals surface area (Å²) in [6, 6.07) is 0. The monoisotopic (exact) mass is 310 g/mol. The topological polar surface area (TPSA) is 119 Å². The Bertz CT molecular complexity index is 589. The molecule has 0 unspecified atom stereocenters. The number of nitrogens with zero attached hydrogens (tertiary/aromatic N) is 4. The van der Waals surface area contributed by atoms with E-state index in [9.17, 15) is 19.7 Å². The Balaban J connectivity index is 1.91. The molecule has 9 heteroatoms. The Kier molecular flexibility index (Phi) is 4.74. The largest absolute Gasteiger partial charge is 0.481 e. The predicted octanol–water partition coefficient (Wildman–Crippen LogP) is 0.813. The average Bonchev–Trinajstić information content (AvgIpc) is 2.80. The lowest BCUT2D eigenvalue weighted by Crippen LogP contribution is -2.40. The number of likely N-dealkylation sites (tertiary alicyclic amines) is 1. The molecular formula is C13H18N4O5. The molecule has 22 heavy (non-hydrogen) atoms. The van der Waals surface area contributed by atoms with E-state index in [-0.39, 0.29) is 30.6 Å². The Hall–Kier alpha value is -2.45. The van der Waals surface area contributed by atoms with Gasteiger partial charge in [-0.25, -0.2) is 0 Å². The molecule has 0 bridgehead atoms. The van der Waals surface area contributed by atoms with Crippen molar-refractivity contribution in [3.63, 3.8) is 0 Å². The van der Waals surface area contributed by atoms with Crippen LogP contribution in [0.4, 0.5) is 5.82 Å². The van der Waals surface area contributed by atoms with E-state index in [1.165, 1.54) is 10.8 Å². The van der Waals surface area contributed by atoms with Crippen molar-refractivity contribution in [2.24, 2.45) is 5.92 Å². The van der Waals surface area contributed by atoms with Crippen molar-refractivity contribution >= 4 is 17.7 Å². The minimum absolute atomic E-state index is 0.0102. The first-order valence-corrected chi connectivity index (χ1v) is 7.04.